The molecule has 1 aromatic carbocycles. The number of nitrogens with zero attached hydrogens (tertiary/aromatic N) is 3. The van der Waals surface area contributed by atoms with Crippen molar-refractivity contribution in [3.8, 4) is 0 Å². The topological polar surface area (TPSA) is 54.2 Å². The number of fused-ring (bicyclic) bond motifs is 2. The van der Waals surface area contributed by atoms with E-state index in [1.165, 1.54) is 16.7 Å². The summed E-state index contributed by atoms with van der Waals surface area (Å²) in [5, 5.41) is 11.0. The van der Waals surface area contributed by atoms with Gasteiger partial charge in [0.2, 0.25) is 5.95 Å². The predicted molar refractivity (Wildman–Crippen MR) is 77.3 cm³/mol. The summed E-state index contributed by atoms with van der Waals surface area (Å²) in [7, 11) is 0. The molecule has 0 spiro atoms. The minimum absolute atomic E-state index is 0.662. The number of hydrogen-bond acceptors (Lipinski definition) is 4. The Morgan fingerprint density at radius 2 is 2.10 bits per heavy atom. The molecule has 0 atom stereocenters. The van der Waals surface area contributed by atoms with Crippen molar-refractivity contribution in [1.29, 1.82) is 0 Å². The van der Waals surface area contributed by atoms with Crippen LogP contribution in [0.3, 0.4) is 0 Å². The first kappa shape index (κ1) is 11.4. The normalized spacial score (nSPS) is 13.6. The van der Waals surface area contributed by atoms with E-state index in [4.69, 9.17) is 0 Å². The lowest BCUT2D eigenvalue weighted by Gasteiger charge is -2.04. The molecule has 20 heavy (non-hydrogen) atoms. The molecule has 0 saturated carbocycles. The fourth-order valence-corrected chi connectivity index (χ4v) is 2.55. The molecule has 0 radical (unpaired) electrons. The Morgan fingerprint density at radius 3 is 3.05 bits per heavy atom. The highest BCUT2D eigenvalue weighted by molar-refractivity contribution is 5.43. The fraction of sp³-hybridized carbons (Fsp3) is 0.200. The van der Waals surface area contributed by atoms with Crippen LogP contribution in [0.15, 0.2) is 42.6 Å². The second kappa shape index (κ2) is 4.61. The molecule has 100 valence electrons. The molecule has 1 aliphatic rings. The third kappa shape index (κ3) is 2.02. The summed E-state index contributed by atoms with van der Waals surface area (Å²) < 4.78 is 1.77. The van der Waals surface area contributed by atoms with Crippen LogP contribution in [0.2, 0.25) is 0 Å². The van der Waals surface area contributed by atoms with E-state index in [0.717, 1.165) is 25.3 Å². The van der Waals surface area contributed by atoms with Crippen LogP contribution in [0.1, 0.15) is 16.7 Å². The minimum atomic E-state index is 0.662. The van der Waals surface area contributed by atoms with Gasteiger partial charge >= 0.3 is 0 Å². The lowest BCUT2D eigenvalue weighted by molar-refractivity contribution is 0.764. The molecule has 1 aliphatic heterocycles. The monoisotopic (exact) mass is 265 g/mol. The van der Waals surface area contributed by atoms with Crippen molar-refractivity contribution in [1.82, 2.24) is 19.9 Å². The van der Waals surface area contributed by atoms with E-state index in [9.17, 15) is 0 Å². The summed E-state index contributed by atoms with van der Waals surface area (Å²) in [6.45, 7) is 2.69. The van der Waals surface area contributed by atoms with Crippen LogP contribution in [-0.2, 0) is 19.6 Å². The fourth-order valence-electron chi connectivity index (χ4n) is 2.55. The Bertz CT molecular complexity index is 729. The Kier molecular flexibility index (Phi) is 2.63. The summed E-state index contributed by atoms with van der Waals surface area (Å²) in [6.07, 6.45) is 1.90. The van der Waals surface area contributed by atoms with E-state index >= 15 is 0 Å². The molecule has 2 N–H and O–H groups in total. The smallest absolute Gasteiger partial charge is 0.243 e. The summed E-state index contributed by atoms with van der Waals surface area (Å²) in [5.41, 5.74) is 4.91. The molecule has 0 bridgehead atoms. The van der Waals surface area contributed by atoms with Crippen LogP contribution in [0.25, 0.3) is 5.65 Å². The first-order valence-corrected chi connectivity index (χ1v) is 6.75. The molecule has 0 unspecified atom stereocenters. The number of pyridine rings is 1. The molecule has 0 aliphatic carbocycles. The van der Waals surface area contributed by atoms with Gasteiger partial charge in [-0.25, -0.2) is 4.52 Å². The quantitative estimate of drug-likeness (QED) is 0.760. The van der Waals surface area contributed by atoms with E-state index in [1.54, 1.807) is 4.52 Å². The molecular weight excluding hydrogens is 250 g/mol. The van der Waals surface area contributed by atoms with E-state index < -0.39 is 0 Å². The Hall–Kier alpha value is -2.40. The summed E-state index contributed by atoms with van der Waals surface area (Å²) >= 11 is 0. The van der Waals surface area contributed by atoms with Gasteiger partial charge in [-0.15, -0.1) is 5.10 Å². The van der Waals surface area contributed by atoms with Crippen molar-refractivity contribution in [2.24, 2.45) is 0 Å². The van der Waals surface area contributed by atoms with Gasteiger partial charge in [0.05, 0.1) is 0 Å². The van der Waals surface area contributed by atoms with E-state index in [0.29, 0.717) is 5.95 Å². The van der Waals surface area contributed by atoms with Gasteiger partial charge in [-0.05, 0) is 28.8 Å². The number of nitrogens with one attached hydrogen (secondary N) is 2. The van der Waals surface area contributed by atoms with Crippen LogP contribution in [0, 0.1) is 0 Å². The van der Waals surface area contributed by atoms with Gasteiger partial charge in [-0.1, -0.05) is 24.3 Å². The summed E-state index contributed by atoms with van der Waals surface area (Å²) in [6, 6.07) is 12.5. The molecule has 5 heteroatoms. The zero-order valence-electron chi connectivity index (χ0n) is 11.0. The number of benzene rings is 1. The zero-order chi connectivity index (χ0) is 13.4. The molecule has 2 aromatic heterocycles. The van der Waals surface area contributed by atoms with Gasteiger partial charge in [-0.3, -0.25) is 0 Å². The lowest BCUT2D eigenvalue weighted by atomic mass is 10.1. The first-order valence-electron chi connectivity index (χ1n) is 6.75. The number of anilines is 1. The molecule has 3 heterocycles. The average molecular weight is 265 g/mol. The molecule has 0 amide bonds. The summed E-state index contributed by atoms with van der Waals surface area (Å²) in [5.74, 6) is 0.662. The van der Waals surface area contributed by atoms with Crippen molar-refractivity contribution in [3.05, 3.63) is 59.3 Å². The zero-order valence-corrected chi connectivity index (χ0v) is 11.0. The maximum absolute atomic E-state index is 4.43. The van der Waals surface area contributed by atoms with Crippen molar-refractivity contribution >= 4 is 11.6 Å². The average Bonchev–Trinajstić information content (AvgIpc) is 3.10. The van der Waals surface area contributed by atoms with Crippen LogP contribution in [0.5, 0.6) is 0 Å². The van der Waals surface area contributed by atoms with E-state index in [1.807, 2.05) is 24.4 Å². The molecule has 0 saturated heterocycles. The Morgan fingerprint density at radius 1 is 1.15 bits per heavy atom. The van der Waals surface area contributed by atoms with Crippen LogP contribution >= 0.6 is 0 Å². The largest absolute Gasteiger partial charge is 0.349 e. The van der Waals surface area contributed by atoms with E-state index in [2.05, 4.69) is 38.9 Å². The van der Waals surface area contributed by atoms with Gasteiger partial charge in [0.1, 0.15) is 0 Å². The predicted octanol–water partition coefficient (Wildman–Crippen LogP) is 1.94. The van der Waals surface area contributed by atoms with Crippen molar-refractivity contribution in [2.45, 2.75) is 19.6 Å². The molecule has 3 aromatic rings. The SMILES string of the molecule is c1ccn2nc(NCc3ccc4c(c3)CNC4)nc2c1. The summed E-state index contributed by atoms with van der Waals surface area (Å²) in [4.78, 5) is 4.43. The number of aromatic nitrogens is 3. The second-order valence-corrected chi connectivity index (χ2v) is 5.00. The highest BCUT2D eigenvalue weighted by Crippen LogP contribution is 2.17. The standard InChI is InChI=1S/C15H15N5/c1-2-6-20-14(3-1)18-15(19-20)17-8-11-4-5-12-9-16-10-13(12)7-11/h1-7,16H,8-10H2,(H,17,19). The van der Waals surface area contributed by atoms with Crippen molar-refractivity contribution in [3.63, 3.8) is 0 Å². The van der Waals surface area contributed by atoms with Gasteiger partial charge in [0.25, 0.3) is 0 Å². The Labute approximate surface area is 116 Å². The highest BCUT2D eigenvalue weighted by atomic mass is 15.3. The Balaban J connectivity index is 1.52. The van der Waals surface area contributed by atoms with Crippen LogP contribution < -0.4 is 10.6 Å². The van der Waals surface area contributed by atoms with Gasteiger partial charge in [0, 0.05) is 25.8 Å². The minimum Gasteiger partial charge on any atom is -0.349 e. The third-order valence-electron chi connectivity index (χ3n) is 3.59. The molecule has 4 rings (SSSR count). The highest BCUT2D eigenvalue weighted by Gasteiger charge is 2.10. The van der Waals surface area contributed by atoms with Crippen molar-refractivity contribution in [2.75, 3.05) is 5.32 Å². The third-order valence-corrected chi connectivity index (χ3v) is 3.59. The second-order valence-electron chi connectivity index (χ2n) is 5.00. The van der Waals surface area contributed by atoms with Gasteiger partial charge in [-0.2, -0.15) is 4.98 Å². The van der Waals surface area contributed by atoms with Gasteiger partial charge in [0.15, 0.2) is 5.65 Å². The maximum atomic E-state index is 4.43. The number of rotatable bonds is 3. The molecule has 5 nitrogen and oxygen atoms in total. The maximum Gasteiger partial charge on any atom is 0.243 e. The van der Waals surface area contributed by atoms with E-state index in [-0.39, 0.29) is 0 Å². The van der Waals surface area contributed by atoms with Crippen LogP contribution in [-0.4, -0.2) is 14.6 Å². The van der Waals surface area contributed by atoms with Gasteiger partial charge < -0.3 is 10.6 Å². The first-order chi connectivity index (χ1) is 9.88. The molecule has 0 fully saturated rings. The molecular formula is C15H15N5. The van der Waals surface area contributed by atoms with Crippen LogP contribution in [0.4, 0.5) is 5.95 Å². The lowest BCUT2D eigenvalue weighted by Crippen LogP contribution is -2.02. The van der Waals surface area contributed by atoms with Crippen molar-refractivity contribution < 1.29 is 0 Å². The number of hydrogen-bond donors (Lipinski definition) is 2.